The number of aromatic nitrogens is 5. The van der Waals surface area contributed by atoms with Crippen LogP contribution < -0.4 is 5.73 Å². The van der Waals surface area contributed by atoms with E-state index < -0.39 is 0 Å². The van der Waals surface area contributed by atoms with E-state index in [2.05, 4.69) is 15.1 Å². The summed E-state index contributed by atoms with van der Waals surface area (Å²) in [6.07, 6.45) is 5.31. The van der Waals surface area contributed by atoms with Gasteiger partial charge in [0.25, 0.3) is 5.91 Å². The third kappa shape index (κ3) is 2.23. The van der Waals surface area contributed by atoms with Crippen molar-refractivity contribution in [1.29, 1.82) is 0 Å². The maximum absolute atomic E-state index is 12.8. The summed E-state index contributed by atoms with van der Waals surface area (Å²) in [5.41, 5.74) is 7.14. The van der Waals surface area contributed by atoms with E-state index in [1.807, 2.05) is 22.7 Å². The third-order valence-electron chi connectivity index (χ3n) is 4.26. The monoisotopic (exact) mass is 311 g/mol. The first-order valence-electron chi connectivity index (χ1n) is 7.53. The summed E-state index contributed by atoms with van der Waals surface area (Å²) in [7, 11) is 1.75. The molecule has 8 nitrogen and oxygen atoms in total. The van der Waals surface area contributed by atoms with Crippen molar-refractivity contribution in [2.45, 2.75) is 18.9 Å². The lowest BCUT2D eigenvalue weighted by Gasteiger charge is -2.22. The molecule has 23 heavy (non-hydrogen) atoms. The number of likely N-dealkylation sites (tertiary alicyclic amines) is 1. The molecule has 4 heterocycles. The van der Waals surface area contributed by atoms with Crippen molar-refractivity contribution in [3.63, 3.8) is 0 Å². The minimum atomic E-state index is -0.143. The van der Waals surface area contributed by atoms with Crippen LogP contribution >= 0.6 is 0 Å². The van der Waals surface area contributed by atoms with E-state index in [1.165, 1.54) is 4.68 Å². The first-order valence-corrected chi connectivity index (χ1v) is 7.53. The molecule has 1 unspecified atom stereocenters. The summed E-state index contributed by atoms with van der Waals surface area (Å²) in [5.74, 6) is 0.855. The highest BCUT2D eigenvalue weighted by atomic mass is 16.2. The molecule has 1 aliphatic rings. The molecule has 4 rings (SSSR count). The fraction of sp³-hybridized carbons (Fsp3) is 0.333. The average molecular weight is 311 g/mol. The van der Waals surface area contributed by atoms with Gasteiger partial charge >= 0.3 is 0 Å². The fourth-order valence-corrected chi connectivity index (χ4v) is 3.04. The van der Waals surface area contributed by atoms with Gasteiger partial charge < -0.3 is 15.0 Å². The van der Waals surface area contributed by atoms with Crippen LogP contribution in [-0.2, 0) is 7.05 Å². The molecule has 118 valence electrons. The minimum Gasteiger partial charge on any atom is -0.368 e. The van der Waals surface area contributed by atoms with Crippen LogP contribution in [0.1, 0.15) is 35.2 Å². The van der Waals surface area contributed by atoms with Gasteiger partial charge in [-0.25, -0.2) is 9.67 Å². The Labute approximate surface area is 132 Å². The van der Waals surface area contributed by atoms with E-state index in [0.29, 0.717) is 24.0 Å². The second-order valence-corrected chi connectivity index (χ2v) is 5.72. The van der Waals surface area contributed by atoms with Crippen molar-refractivity contribution in [3.8, 4) is 0 Å². The van der Waals surface area contributed by atoms with Gasteiger partial charge in [-0.3, -0.25) is 4.79 Å². The number of carbonyl (C=O) groups is 1. The maximum Gasteiger partial charge on any atom is 0.273 e. The Bertz CT molecular complexity index is 861. The third-order valence-corrected chi connectivity index (χ3v) is 4.26. The zero-order valence-corrected chi connectivity index (χ0v) is 12.8. The molecular weight excluding hydrogens is 294 g/mol. The molecular formula is C15H17N7O. The summed E-state index contributed by atoms with van der Waals surface area (Å²) in [6.45, 7) is 0.676. The Kier molecular flexibility index (Phi) is 3.03. The molecule has 1 amide bonds. The van der Waals surface area contributed by atoms with Gasteiger partial charge in [0.15, 0.2) is 5.82 Å². The Balaban J connectivity index is 1.66. The largest absolute Gasteiger partial charge is 0.368 e. The first kappa shape index (κ1) is 13.7. The molecule has 0 bridgehead atoms. The number of nitrogens with zero attached hydrogens (tertiary/aromatic N) is 6. The molecule has 2 N–H and O–H groups in total. The van der Waals surface area contributed by atoms with Gasteiger partial charge in [-0.15, -0.1) is 0 Å². The molecule has 3 aromatic heterocycles. The van der Waals surface area contributed by atoms with E-state index in [-0.39, 0.29) is 11.9 Å². The van der Waals surface area contributed by atoms with Gasteiger partial charge in [0.05, 0.1) is 12.4 Å². The van der Waals surface area contributed by atoms with Crippen LogP contribution in [0.5, 0.6) is 0 Å². The van der Waals surface area contributed by atoms with Crippen LogP contribution in [0.15, 0.2) is 30.7 Å². The van der Waals surface area contributed by atoms with Gasteiger partial charge in [-0.1, -0.05) is 0 Å². The topological polar surface area (TPSA) is 94.3 Å². The van der Waals surface area contributed by atoms with Crippen molar-refractivity contribution < 1.29 is 4.79 Å². The summed E-state index contributed by atoms with van der Waals surface area (Å²) in [5, 5.41) is 4.32. The van der Waals surface area contributed by atoms with Crippen LogP contribution in [0.4, 0.5) is 5.95 Å². The summed E-state index contributed by atoms with van der Waals surface area (Å²) in [6, 6.07) is 5.53. The van der Waals surface area contributed by atoms with Crippen LogP contribution in [0.2, 0.25) is 0 Å². The van der Waals surface area contributed by atoms with Crippen molar-refractivity contribution in [3.05, 3.63) is 42.2 Å². The van der Waals surface area contributed by atoms with Crippen LogP contribution in [0.3, 0.4) is 0 Å². The second kappa shape index (κ2) is 5.08. The number of fused-ring (bicyclic) bond motifs is 1. The predicted octanol–water partition coefficient (Wildman–Crippen LogP) is 1.02. The number of hydrogen-bond donors (Lipinski definition) is 1. The molecule has 1 saturated heterocycles. The molecule has 8 heteroatoms. The van der Waals surface area contributed by atoms with E-state index >= 15 is 0 Å². The number of anilines is 1. The highest BCUT2D eigenvalue weighted by Crippen LogP contribution is 2.31. The van der Waals surface area contributed by atoms with Gasteiger partial charge in [0, 0.05) is 25.3 Å². The Morgan fingerprint density at radius 1 is 1.43 bits per heavy atom. The number of nitrogen functional groups attached to an aromatic ring is 1. The van der Waals surface area contributed by atoms with E-state index in [0.717, 1.165) is 18.4 Å². The van der Waals surface area contributed by atoms with Crippen molar-refractivity contribution in [1.82, 2.24) is 29.0 Å². The summed E-state index contributed by atoms with van der Waals surface area (Å²) >= 11 is 0. The van der Waals surface area contributed by atoms with Gasteiger partial charge in [0.1, 0.15) is 5.69 Å². The molecule has 0 aromatic carbocycles. The standard InChI is InChI=1S/C15H17N7O/c1-20-15(16)18-13(19-20)12-5-3-7-22(12)14(23)11-8-10-4-2-6-21(10)9-17-11/h2,4,6,8-9,12H,3,5,7H2,1H3,(H2,16,18,19). The minimum absolute atomic E-state index is 0.0952. The molecule has 0 radical (unpaired) electrons. The number of rotatable bonds is 2. The summed E-state index contributed by atoms with van der Waals surface area (Å²) < 4.78 is 3.40. The number of aryl methyl sites for hydroxylation is 1. The Hall–Kier alpha value is -2.90. The lowest BCUT2D eigenvalue weighted by Crippen LogP contribution is -2.31. The zero-order chi connectivity index (χ0) is 16.0. The molecule has 0 spiro atoms. The number of nitrogens with two attached hydrogens (primary N) is 1. The molecule has 0 saturated carbocycles. The summed E-state index contributed by atoms with van der Waals surface area (Å²) in [4.78, 5) is 23.2. The van der Waals surface area contributed by atoms with E-state index in [4.69, 9.17) is 5.73 Å². The fourth-order valence-electron chi connectivity index (χ4n) is 3.04. The normalized spacial score (nSPS) is 18.0. The highest BCUT2D eigenvalue weighted by molar-refractivity contribution is 5.93. The molecule has 1 aliphatic heterocycles. The molecule has 3 aromatic rings. The molecule has 1 atom stereocenters. The molecule has 0 aliphatic carbocycles. The lowest BCUT2D eigenvalue weighted by atomic mass is 10.2. The Morgan fingerprint density at radius 2 is 2.30 bits per heavy atom. The quantitative estimate of drug-likeness (QED) is 0.762. The SMILES string of the molecule is Cn1nc(C2CCCN2C(=O)c2cc3cccn3cn2)nc1N. The first-order chi connectivity index (χ1) is 11.1. The van der Waals surface area contributed by atoms with Gasteiger partial charge in [-0.2, -0.15) is 10.1 Å². The molecule has 1 fully saturated rings. The lowest BCUT2D eigenvalue weighted by molar-refractivity contribution is 0.0723. The number of hydrogen-bond acceptors (Lipinski definition) is 5. The zero-order valence-electron chi connectivity index (χ0n) is 12.8. The average Bonchev–Trinajstić information content (AvgIpc) is 3.26. The highest BCUT2D eigenvalue weighted by Gasteiger charge is 2.34. The van der Waals surface area contributed by atoms with Crippen LogP contribution in [0.25, 0.3) is 5.52 Å². The van der Waals surface area contributed by atoms with Crippen LogP contribution in [0, 0.1) is 0 Å². The van der Waals surface area contributed by atoms with E-state index in [1.54, 1.807) is 24.3 Å². The maximum atomic E-state index is 12.8. The number of amides is 1. The van der Waals surface area contributed by atoms with Gasteiger partial charge in [0.2, 0.25) is 5.95 Å². The Morgan fingerprint density at radius 3 is 3.09 bits per heavy atom. The van der Waals surface area contributed by atoms with Crippen molar-refractivity contribution in [2.75, 3.05) is 12.3 Å². The smallest absolute Gasteiger partial charge is 0.273 e. The van der Waals surface area contributed by atoms with Crippen molar-refractivity contribution >= 4 is 17.4 Å². The van der Waals surface area contributed by atoms with Crippen molar-refractivity contribution in [2.24, 2.45) is 7.05 Å². The van der Waals surface area contributed by atoms with E-state index in [9.17, 15) is 4.79 Å². The van der Waals surface area contributed by atoms with Crippen LogP contribution in [-0.4, -0.2) is 41.5 Å². The predicted molar refractivity (Wildman–Crippen MR) is 83.6 cm³/mol. The number of carbonyl (C=O) groups excluding carboxylic acids is 1. The van der Waals surface area contributed by atoms with Gasteiger partial charge in [-0.05, 0) is 31.0 Å². The second-order valence-electron chi connectivity index (χ2n) is 5.72.